The highest BCUT2D eigenvalue weighted by molar-refractivity contribution is 5.80. The largest absolute Gasteiger partial charge is 0.379 e. The number of morpholine rings is 1. The summed E-state index contributed by atoms with van der Waals surface area (Å²) in [5.41, 5.74) is 2.79. The van der Waals surface area contributed by atoms with Gasteiger partial charge < -0.3 is 15.4 Å². The highest BCUT2D eigenvalue weighted by atomic mass is 16.5. The molecule has 2 heterocycles. The van der Waals surface area contributed by atoms with Crippen molar-refractivity contribution < 1.29 is 9.53 Å². The van der Waals surface area contributed by atoms with Gasteiger partial charge in [-0.05, 0) is 30.7 Å². The molecular weight excluding hydrogens is 326 g/mol. The van der Waals surface area contributed by atoms with Gasteiger partial charge in [0.25, 0.3) is 0 Å². The molecular formula is C21H31N3O2. The Morgan fingerprint density at radius 3 is 2.88 bits per heavy atom. The van der Waals surface area contributed by atoms with Crippen molar-refractivity contribution in [3.63, 3.8) is 0 Å². The Bertz CT molecular complexity index is 638. The standard InChI is InChI=1S/C21H31N3O2/c1-16-4-2-5-17(12-16)19(24-8-10-26-11-9-24)14-23-20(25)18-13-22-15-21(18)6-3-7-21/h2,4-5,12,18-19,22H,3,6-11,13-15H2,1H3,(H,23,25). The van der Waals surface area contributed by atoms with Gasteiger partial charge in [-0.15, -0.1) is 0 Å². The van der Waals surface area contributed by atoms with Gasteiger partial charge in [-0.1, -0.05) is 36.2 Å². The number of nitrogens with one attached hydrogen (secondary N) is 2. The molecule has 142 valence electrons. The highest BCUT2D eigenvalue weighted by Gasteiger charge is 2.50. The number of carbonyl (C=O) groups excluding carboxylic acids is 1. The average Bonchev–Trinajstić information content (AvgIpc) is 3.08. The zero-order valence-electron chi connectivity index (χ0n) is 15.8. The molecule has 4 rings (SSSR count). The molecule has 1 spiro atoms. The van der Waals surface area contributed by atoms with Crippen LogP contribution in [0.25, 0.3) is 0 Å². The molecule has 0 aromatic heterocycles. The summed E-state index contributed by atoms with van der Waals surface area (Å²) in [5.74, 6) is 0.375. The molecule has 2 aliphatic heterocycles. The van der Waals surface area contributed by atoms with Gasteiger partial charge in [-0.25, -0.2) is 0 Å². The molecule has 2 saturated heterocycles. The van der Waals surface area contributed by atoms with Gasteiger partial charge in [-0.2, -0.15) is 0 Å². The fourth-order valence-electron chi connectivity index (χ4n) is 4.88. The lowest BCUT2D eigenvalue weighted by Crippen LogP contribution is -2.48. The molecule has 3 fully saturated rings. The van der Waals surface area contributed by atoms with E-state index in [0.29, 0.717) is 6.54 Å². The first-order chi connectivity index (χ1) is 12.7. The van der Waals surface area contributed by atoms with Crippen molar-refractivity contribution in [3.05, 3.63) is 35.4 Å². The van der Waals surface area contributed by atoms with Crippen LogP contribution in [0.5, 0.6) is 0 Å². The van der Waals surface area contributed by atoms with Gasteiger partial charge in [-0.3, -0.25) is 9.69 Å². The topological polar surface area (TPSA) is 53.6 Å². The van der Waals surface area contributed by atoms with Crippen LogP contribution in [0.2, 0.25) is 0 Å². The van der Waals surface area contributed by atoms with Crippen LogP contribution in [0.1, 0.15) is 36.4 Å². The number of hydrogen-bond donors (Lipinski definition) is 2. The van der Waals surface area contributed by atoms with Gasteiger partial charge in [0.15, 0.2) is 0 Å². The van der Waals surface area contributed by atoms with Crippen LogP contribution in [0.4, 0.5) is 0 Å². The van der Waals surface area contributed by atoms with E-state index in [1.165, 1.54) is 30.4 Å². The molecule has 3 aliphatic rings. The first-order valence-electron chi connectivity index (χ1n) is 10.0. The van der Waals surface area contributed by atoms with E-state index < -0.39 is 0 Å². The normalized spacial score (nSPS) is 26.4. The number of ether oxygens (including phenoxy) is 1. The van der Waals surface area contributed by atoms with Gasteiger partial charge >= 0.3 is 0 Å². The minimum absolute atomic E-state index is 0.138. The van der Waals surface area contributed by atoms with Gasteiger partial charge in [0.05, 0.1) is 25.2 Å². The summed E-state index contributed by atoms with van der Waals surface area (Å²) in [5, 5.41) is 6.75. The predicted octanol–water partition coefficient (Wildman–Crippen LogP) is 1.87. The third kappa shape index (κ3) is 3.53. The predicted molar refractivity (Wildman–Crippen MR) is 102 cm³/mol. The van der Waals surface area contributed by atoms with Crippen molar-refractivity contribution in [1.29, 1.82) is 0 Å². The number of carbonyl (C=O) groups is 1. The fraction of sp³-hybridized carbons (Fsp3) is 0.667. The Morgan fingerprint density at radius 1 is 1.38 bits per heavy atom. The minimum atomic E-state index is 0.138. The molecule has 1 saturated carbocycles. The summed E-state index contributed by atoms with van der Waals surface area (Å²) < 4.78 is 5.53. The Morgan fingerprint density at radius 2 is 2.19 bits per heavy atom. The summed E-state index contributed by atoms with van der Waals surface area (Å²) in [4.78, 5) is 15.4. The molecule has 2 unspecified atom stereocenters. The summed E-state index contributed by atoms with van der Waals surface area (Å²) in [7, 11) is 0. The fourth-order valence-corrected chi connectivity index (χ4v) is 4.88. The van der Waals surface area contributed by atoms with Crippen molar-refractivity contribution in [2.75, 3.05) is 45.9 Å². The van der Waals surface area contributed by atoms with Gasteiger partial charge in [0, 0.05) is 32.7 Å². The second-order valence-corrected chi connectivity index (χ2v) is 8.22. The molecule has 2 N–H and O–H groups in total. The molecule has 1 aromatic rings. The first-order valence-corrected chi connectivity index (χ1v) is 10.0. The average molecular weight is 357 g/mol. The Hall–Kier alpha value is -1.43. The van der Waals surface area contributed by atoms with E-state index >= 15 is 0 Å². The van der Waals surface area contributed by atoms with Crippen molar-refractivity contribution >= 4 is 5.91 Å². The first kappa shape index (κ1) is 18.0. The Labute approximate surface area is 156 Å². The Kier molecular flexibility index (Phi) is 5.30. The lowest BCUT2D eigenvalue weighted by molar-refractivity contribution is -0.129. The summed E-state index contributed by atoms with van der Waals surface area (Å²) in [6, 6.07) is 8.89. The number of aryl methyl sites for hydroxylation is 1. The minimum Gasteiger partial charge on any atom is -0.379 e. The highest BCUT2D eigenvalue weighted by Crippen LogP contribution is 2.49. The van der Waals surface area contributed by atoms with Crippen LogP contribution in [0.15, 0.2) is 24.3 Å². The van der Waals surface area contributed by atoms with Crippen LogP contribution in [-0.2, 0) is 9.53 Å². The summed E-state index contributed by atoms with van der Waals surface area (Å²) in [6.45, 7) is 8.02. The molecule has 5 heteroatoms. The maximum atomic E-state index is 12.9. The molecule has 0 bridgehead atoms. The zero-order chi connectivity index (χ0) is 18.0. The van der Waals surface area contributed by atoms with Crippen molar-refractivity contribution in [1.82, 2.24) is 15.5 Å². The maximum Gasteiger partial charge on any atom is 0.225 e. The van der Waals surface area contributed by atoms with Crippen molar-refractivity contribution in [2.45, 2.75) is 32.2 Å². The Balaban J connectivity index is 1.45. The van der Waals surface area contributed by atoms with Crippen LogP contribution in [0.3, 0.4) is 0 Å². The molecule has 1 aliphatic carbocycles. The smallest absolute Gasteiger partial charge is 0.225 e. The summed E-state index contributed by atoms with van der Waals surface area (Å²) in [6.07, 6.45) is 3.66. The molecule has 0 radical (unpaired) electrons. The number of amides is 1. The molecule has 2 atom stereocenters. The second kappa shape index (κ2) is 7.67. The lowest BCUT2D eigenvalue weighted by atomic mass is 9.62. The van der Waals surface area contributed by atoms with E-state index in [-0.39, 0.29) is 23.3 Å². The number of nitrogens with zero attached hydrogens (tertiary/aromatic N) is 1. The summed E-state index contributed by atoms with van der Waals surface area (Å²) >= 11 is 0. The zero-order valence-corrected chi connectivity index (χ0v) is 15.8. The van der Waals surface area contributed by atoms with E-state index in [4.69, 9.17) is 4.74 Å². The molecule has 1 amide bonds. The van der Waals surface area contributed by atoms with Gasteiger partial charge in [0.1, 0.15) is 0 Å². The number of hydrogen-bond acceptors (Lipinski definition) is 4. The van der Waals surface area contributed by atoms with Crippen LogP contribution < -0.4 is 10.6 Å². The lowest BCUT2D eigenvalue weighted by Gasteiger charge is -2.42. The van der Waals surface area contributed by atoms with E-state index in [9.17, 15) is 4.79 Å². The van der Waals surface area contributed by atoms with E-state index in [0.717, 1.165) is 39.4 Å². The SMILES string of the molecule is Cc1cccc(C(CNC(=O)C2CNCC23CCC3)N2CCOCC2)c1. The van der Waals surface area contributed by atoms with Crippen LogP contribution >= 0.6 is 0 Å². The van der Waals surface area contributed by atoms with E-state index in [2.05, 4.69) is 46.7 Å². The van der Waals surface area contributed by atoms with Crippen molar-refractivity contribution in [3.8, 4) is 0 Å². The third-order valence-electron chi connectivity index (χ3n) is 6.61. The maximum absolute atomic E-state index is 12.9. The number of rotatable bonds is 5. The molecule has 26 heavy (non-hydrogen) atoms. The van der Waals surface area contributed by atoms with E-state index in [1.807, 2.05) is 0 Å². The van der Waals surface area contributed by atoms with Crippen molar-refractivity contribution in [2.24, 2.45) is 11.3 Å². The monoisotopic (exact) mass is 357 g/mol. The quantitative estimate of drug-likeness (QED) is 0.845. The third-order valence-corrected chi connectivity index (χ3v) is 6.61. The van der Waals surface area contributed by atoms with Crippen LogP contribution in [0, 0.1) is 18.3 Å². The van der Waals surface area contributed by atoms with E-state index in [1.54, 1.807) is 0 Å². The number of benzene rings is 1. The second-order valence-electron chi connectivity index (χ2n) is 8.22. The molecule has 5 nitrogen and oxygen atoms in total. The van der Waals surface area contributed by atoms with Gasteiger partial charge in [0.2, 0.25) is 5.91 Å². The molecule has 1 aromatic carbocycles. The van der Waals surface area contributed by atoms with Crippen LogP contribution in [-0.4, -0.2) is 56.7 Å².